The van der Waals surface area contributed by atoms with Gasteiger partial charge in [0.25, 0.3) is 5.91 Å². The third kappa shape index (κ3) is 4.22. The van der Waals surface area contributed by atoms with Crippen molar-refractivity contribution >= 4 is 23.8 Å². The number of aromatic nitrogens is 1. The Hall–Kier alpha value is -4.06. The van der Waals surface area contributed by atoms with E-state index in [2.05, 4.69) is 16.2 Å². The van der Waals surface area contributed by atoms with Crippen LogP contribution < -0.4 is 15.6 Å². The minimum atomic E-state index is -0.978. The van der Waals surface area contributed by atoms with Crippen LogP contribution in [0.1, 0.15) is 57.9 Å². The molecule has 1 aromatic heterocycles. The molecule has 1 aliphatic carbocycles. The summed E-state index contributed by atoms with van der Waals surface area (Å²) in [6, 6.07) is 10.2. The van der Waals surface area contributed by atoms with Gasteiger partial charge in [-0.2, -0.15) is 0 Å². The second kappa shape index (κ2) is 10.0. The van der Waals surface area contributed by atoms with Gasteiger partial charge in [0.1, 0.15) is 6.17 Å². The van der Waals surface area contributed by atoms with Crippen LogP contribution in [0.3, 0.4) is 0 Å². The minimum absolute atomic E-state index is 0.0123. The lowest BCUT2D eigenvalue weighted by molar-refractivity contribution is 0.0126. The van der Waals surface area contributed by atoms with E-state index in [9.17, 15) is 23.2 Å². The topological polar surface area (TPSA) is 99.1 Å². The third-order valence-corrected chi connectivity index (χ3v) is 10.1. The number of nitrogens with one attached hydrogen (secondary N) is 1. The highest BCUT2D eigenvalue weighted by Gasteiger charge is 2.59. The highest BCUT2D eigenvalue weighted by Crippen LogP contribution is 2.63. The average Bonchev–Trinajstić information content (AvgIpc) is 3.78. The number of benzene rings is 2. The van der Waals surface area contributed by atoms with E-state index < -0.39 is 36.2 Å². The van der Waals surface area contributed by atoms with E-state index in [0.717, 1.165) is 48.0 Å². The second-order valence-electron chi connectivity index (χ2n) is 11.0. The molecule has 2 fully saturated rings. The molecule has 0 radical (unpaired) electrons. The number of hydrogen-bond acceptors (Lipinski definition) is 8. The molecular formula is C30H27F2N3O6S. The van der Waals surface area contributed by atoms with Crippen molar-refractivity contribution in [3.05, 3.63) is 92.4 Å². The molecular weight excluding hydrogens is 568 g/mol. The van der Waals surface area contributed by atoms with Gasteiger partial charge < -0.3 is 24.5 Å². The van der Waals surface area contributed by atoms with E-state index in [-0.39, 0.29) is 28.7 Å². The fourth-order valence-electron chi connectivity index (χ4n) is 6.68. The van der Waals surface area contributed by atoms with Gasteiger partial charge in [0.05, 0.1) is 7.11 Å². The smallest absolute Gasteiger partial charge is 0.451 e. The van der Waals surface area contributed by atoms with Gasteiger partial charge in [-0.05, 0) is 59.9 Å². The molecule has 1 amide bonds. The van der Waals surface area contributed by atoms with Crippen molar-refractivity contribution in [3.8, 4) is 5.75 Å². The summed E-state index contributed by atoms with van der Waals surface area (Å²) in [5, 5.41) is 0. The average molecular weight is 596 g/mol. The van der Waals surface area contributed by atoms with E-state index in [1.165, 1.54) is 34.8 Å². The SMILES string of the molecule is COC(=O)OCOc1c2n(ccc1=O)N[C@@H]1C(c3cccc4c3Cc3ccc(F)c(F)c3CS4)C3(CCN1C2=O)CC3. The molecule has 3 aliphatic heterocycles. The Morgan fingerprint density at radius 3 is 2.74 bits per heavy atom. The van der Waals surface area contributed by atoms with Crippen LogP contribution in [0.4, 0.5) is 13.6 Å². The van der Waals surface area contributed by atoms with Crippen LogP contribution in [-0.4, -0.2) is 48.3 Å². The fraction of sp³-hybridized carbons (Fsp3) is 0.367. The zero-order chi connectivity index (χ0) is 29.2. The first-order chi connectivity index (χ1) is 20.3. The van der Waals surface area contributed by atoms with Crippen LogP contribution in [0.25, 0.3) is 0 Å². The van der Waals surface area contributed by atoms with Crippen molar-refractivity contribution < 1.29 is 32.6 Å². The lowest BCUT2D eigenvalue weighted by Gasteiger charge is -2.50. The number of pyridine rings is 1. The zero-order valence-electron chi connectivity index (χ0n) is 22.7. The highest BCUT2D eigenvalue weighted by molar-refractivity contribution is 7.98. The molecule has 1 N–H and O–H groups in total. The number of hydrogen-bond donors (Lipinski definition) is 1. The molecule has 4 heterocycles. The molecule has 1 saturated carbocycles. The first-order valence-electron chi connectivity index (χ1n) is 13.7. The van der Waals surface area contributed by atoms with Crippen LogP contribution in [0.2, 0.25) is 0 Å². The molecule has 1 saturated heterocycles. The maximum Gasteiger partial charge on any atom is 0.510 e. The molecule has 2 atom stereocenters. The summed E-state index contributed by atoms with van der Waals surface area (Å²) in [6.07, 6.45) is 3.37. The van der Waals surface area contributed by atoms with E-state index in [0.29, 0.717) is 24.3 Å². The van der Waals surface area contributed by atoms with E-state index in [1.54, 1.807) is 11.0 Å². The Morgan fingerprint density at radius 2 is 1.95 bits per heavy atom. The lowest BCUT2D eigenvalue weighted by Crippen LogP contribution is -2.61. The number of methoxy groups -OCH3 is 1. The first kappa shape index (κ1) is 26.8. The minimum Gasteiger partial charge on any atom is -0.451 e. The number of carbonyl (C=O) groups is 2. The van der Waals surface area contributed by atoms with Gasteiger partial charge in [-0.1, -0.05) is 18.2 Å². The number of piperidine rings is 1. The van der Waals surface area contributed by atoms with Crippen LogP contribution in [0, 0.1) is 17.0 Å². The molecule has 3 aromatic rings. The highest BCUT2D eigenvalue weighted by atomic mass is 32.2. The second-order valence-corrected chi connectivity index (χ2v) is 12.1. The van der Waals surface area contributed by atoms with Gasteiger partial charge >= 0.3 is 6.16 Å². The Labute approximate surface area is 243 Å². The zero-order valence-corrected chi connectivity index (χ0v) is 23.5. The van der Waals surface area contributed by atoms with E-state index in [1.807, 2.05) is 12.1 Å². The van der Waals surface area contributed by atoms with Gasteiger partial charge in [-0.15, -0.1) is 11.8 Å². The Bertz CT molecular complexity index is 1690. The summed E-state index contributed by atoms with van der Waals surface area (Å²) in [5.74, 6) is -1.99. The van der Waals surface area contributed by atoms with Gasteiger partial charge in [0.2, 0.25) is 18.0 Å². The number of rotatable bonds is 4. The first-order valence-corrected chi connectivity index (χ1v) is 14.7. The molecule has 1 spiro atoms. The molecule has 218 valence electrons. The van der Waals surface area contributed by atoms with Gasteiger partial charge in [-0.3, -0.25) is 14.3 Å². The Morgan fingerprint density at radius 1 is 1.12 bits per heavy atom. The number of thioether (sulfide) groups is 1. The molecule has 1 unspecified atom stereocenters. The maximum atomic E-state index is 14.8. The summed E-state index contributed by atoms with van der Waals surface area (Å²) in [5.41, 5.74) is 6.24. The molecule has 12 heteroatoms. The quantitative estimate of drug-likeness (QED) is 0.342. The number of halogens is 2. The predicted octanol–water partition coefficient (Wildman–Crippen LogP) is 4.74. The van der Waals surface area contributed by atoms with E-state index >= 15 is 0 Å². The maximum absolute atomic E-state index is 14.8. The summed E-state index contributed by atoms with van der Waals surface area (Å²) >= 11 is 1.50. The molecule has 42 heavy (non-hydrogen) atoms. The molecule has 9 nitrogen and oxygen atoms in total. The molecule has 7 rings (SSSR count). The monoisotopic (exact) mass is 595 g/mol. The van der Waals surface area contributed by atoms with Crippen molar-refractivity contribution in [1.82, 2.24) is 9.58 Å². The van der Waals surface area contributed by atoms with Crippen molar-refractivity contribution in [2.45, 2.75) is 48.4 Å². The van der Waals surface area contributed by atoms with Gasteiger partial charge in [0, 0.05) is 40.9 Å². The fourth-order valence-corrected chi connectivity index (χ4v) is 7.83. The Kier molecular flexibility index (Phi) is 6.41. The number of carbonyl (C=O) groups excluding carboxylic acids is 2. The molecule has 2 aromatic carbocycles. The lowest BCUT2D eigenvalue weighted by atomic mass is 9.73. The van der Waals surface area contributed by atoms with Crippen LogP contribution in [-0.2, 0) is 21.6 Å². The Balaban J connectivity index is 1.28. The van der Waals surface area contributed by atoms with Crippen LogP contribution in [0.5, 0.6) is 5.75 Å². The number of amides is 1. The van der Waals surface area contributed by atoms with Crippen LogP contribution in [0.15, 0.2) is 52.3 Å². The molecule has 4 aliphatic rings. The number of ether oxygens (including phenoxy) is 3. The standard InChI is InChI=1S/C30H27F2N3O6S/c1-39-29(38)41-15-40-26-21(36)7-11-35-25(26)28(37)34-12-10-30(8-9-30)23(27(34)33-35)17-3-2-4-22-18(17)13-16-5-6-20(31)24(32)19(16)14-42-22/h2-7,11,23,27,33H,8-10,12-15H2,1H3/t23?,27-/m0/s1. The predicted molar refractivity (Wildman–Crippen MR) is 148 cm³/mol. The number of fused-ring (bicyclic) bond motifs is 4. The number of nitrogens with zero attached hydrogens (tertiary/aromatic N) is 2. The van der Waals surface area contributed by atoms with Crippen molar-refractivity contribution in [3.63, 3.8) is 0 Å². The largest absolute Gasteiger partial charge is 0.510 e. The van der Waals surface area contributed by atoms with Gasteiger partial charge in [-0.25, -0.2) is 13.6 Å². The van der Waals surface area contributed by atoms with Crippen LogP contribution >= 0.6 is 11.8 Å². The molecule has 0 bridgehead atoms. The van der Waals surface area contributed by atoms with Crippen molar-refractivity contribution in [2.24, 2.45) is 5.41 Å². The van der Waals surface area contributed by atoms with Crippen molar-refractivity contribution in [1.29, 1.82) is 0 Å². The third-order valence-electron chi connectivity index (χ3n) is 8.93. The summed E-state index contributed by atoms with van der Waals surface area (Å²) in [6.45, 7) is -0.105. The van der Waals surface area contributed by atoms with Crippen molar-refractivity contribution in [2.75, 3.05) is 25.9 Å². The normalized spacial score (nSPS) is 21.2. The van der Waals surface area contributed by atoms with Gasteiger partial charge in [0.15, 0.2) is 17.3 Å². The summed E-state index contributed by atoms with van der Waals surface area (Å²) < 4.78 is 45.0. The summed E-state index contributed by atoms with van der Waals surface area (Å²) in [4.78, 5) is 40.8. The summed E-state index contributed by atoms with van der Waals surface area (Å²) in [7, 11) is 1.15. The van der Waals surface area contributed by atoms with E-state index in [4.69, 9.17) is 9.47 Å².